The molecule has 2 N–H and O–H groups in total. The van der Waals surface area contributed by atoms with Crippen LogP contribution in [0, 0.1) is 5.82 Å². The van der Waals surface area contributed by atoms with Crippen molar-refractivity contribution < 1.29 is 17.6 Å². The predicted molar refractivity (Wildman–Crippen MR) is 126 cm³/mol. The maximum absolute atomic E-state index is 14.7. The molecule has 33 heavy (non-hydrogen) atoms. The molecule has 170 valence electrons. The summed E-state index contributed by atoms with van der Waals surface area (Å²) >= 11 is 12.1. The van der Waals surface area contributed by atoms with E-state index in [9.17, 15) is 22.4 Å². The smallest absolute Gasteiger partial charge is 0.282 e. The molecular weight excluding hydrogens is 492 g/mol. The zero-order valence-corrected chi connectivity index (χ0v) is 19.4. The van der Waals surface area contributed by atoms with E-state index in [0.29, 0.717) is 15.9 Å². The van der Waals surface area contributed by atoms with Crippen LogP contribution in [0.2, 0.25) is 10.0 Å². The number of pyridine rings is 1. The number of halogens is 3. The fraction of sp³-hybridized carbons (Fsp3) is 0.0909. The lowest BCUT2D eigenvalue weighted by Gasteiger charge is -2.13. The molecule has 0 radical (unpaired) electrons. The fourth-order valence-electron chi connectivity index (χ4n) is 3.68. The molecule has 0 unspecified atom stereocenters. The number of aromatic nitrogens is 2. The van der Waals surface area contributed by atoms with E-state index in [1.54, 1.807) is 30.3 Å². The molecule has 0 saturated heterocycles. The first kappa shape index (κ1) is 23.0. The van der Waals surface area contributed by atoms with Crippen molar-refractivity contribution in [1.82, 2.24) is 14.3 Å². The van der Waals surface area contributed by atoms with Gasteiger partial charge in [-0.25, -0.2) is 17.5 Å². The molecule has 0 bridgehead atoms. The third kappa shape index (κ3) is 4.52. The first-order valence-electron chi connectivity index (χ1n) is 9.51. The van der Waals surface area contributed by atoms with E-state index in [0.717, 1.165) is 6.26 Å². The van der Waals surface area contributed by atoms with Gasteiger partial charge in [0, 0.05) is 38.8 Å². The highest BCUT2D eigenvalue weighted by molar-refractivity contribution is 7.89. The van der Waals surface area contributed by atoms with Gasteiger partial charge in [-0.15, -0.1) is 0 Å². The Bertz CT molecular complexity index is 1580. The van der Waals surface area contributed by atoms with E-state index in [1.807, 2.05) is 4.72 Å². The average Bonchev–Trinajstić information content (AvgIpc) is 3.04. The Balaban J connectivity index is 2.11. The van der Waals surface area contributed by atoms with Crippen LogP contribution < -0.4 is 10.3 Å². The van der Waals surface area contributed by atoms with Crippen molar-refractivity contribution in [1.29, 1.82) is 0 Å². The van der Waals surface area contributed by atoms with Crippen molar-refractivity contribution >= 4 is 50.0 Å². The molecule has 2 heterocycles. The summed E-state index contributed by atoms with van der Waals surface area (Å²) in [7, 11) is -3.95. The van der Waals surface area contributed by atoms with Gasteiger partial charge in [0.25, 0.3) is 11.5 Å². The van der Waals surface area contributed by atoms with Crippen molar-refractivity contribution in [2.45, 2.75) is 6.54 Å². The largest absolute Gasteiger partial charge is 0.331 e. The standard InChI is InChI=1S/C22H16Cl2FN3O4S/c1-33(31,32)27-22(30)20-18(14-5-3-9-26-21(14)29)15-10-13(23)7-8-17(15)28(20)11-12-4-2-6-16(24)19(12)25/h2-10H,11H2,1H3,(H,26,29)(H,27,30). The van der Waals surface area contributed by atoms with Gasteiger partial charge in [-0.2, -0.15) is 0 Å². The lowest BCUT2D eigenvalue weighted by molar-refractivity contribution is 0.0974. The number of nitrogens with zero attached hydrogens (tertiary/aromatic N) is 1. The highest BCUT2D eigenvalue weighted by atomic mass is 35.5. The molecule has 2 aromatic heterocycles. The average molecular weight is 508 g/mol. The number of nitrogens with one attached hydrogen (secondary N) is 2. The van der Waals surface area contributed by atoms with Gasteiger partial charge in [0.15, 0.2) is 0 Å². The summed E-state index contributed by atoms with van der Waals surface area (Å²) in [5.74, 6) is -1.66. The third-order valence-corrected chi connectivity index (χ3v) is 6.05. The zero-order valence-electron chi connectivity index (χ0n) is 17.0. The van der Waals surface area contributed by atoms with Crippen LogP contribution in [0.5, 0.6) is 0 Å². The monoisotopic (exact) mass is 507 g/mol. The second-order valence-electron chi connectivity index (χ2n) is 7.30. The van der Waals surface area contributed by atoms with Gasteiger partial charge in [0.2, 0.25) is 10.0 Å². The minimum absolute atomic E-state index is 0.103. The molecule has 4 rings (SSSR count). The molecule has 1 amide bonds. The number of hydrogen-bond acceptors (Lipinski definition) is 4. The molecule has 0 spiro atoms. The van der Waals surface area contributed by atoms with Crippen molar-refractivity contribution in [3.05, 3.63) is 92.2 Å². The van der Waals surface area contributed by atoms with Crippen LogP contribution >= 0.6 is 23.2 Å². The summed E-state index contributed by atoms with van der Waals surface area (Å²) in [6.45, 7) is -0.165. The van der Waals surface area contributed by atoms with Crippen molar-refractivity contribution in [3.8, 4) is 11.1 Å². The fourth-order valence-corrected chi connectivity index (χ4v) is 4.48. The number of rotatable bonds is 5. The van der Waals surface area contributed by atoms with Gasteiger partial charge in [0.1, 0.15) is 11.5 Å². The van der Waals surface area contributed by atoms with Crippen molar-refractivity contribution in [3.63, 3.8) is 0 Å². The van der Waals surface area contributed by atoms with E-state index in [4.69, 9.17) is 23.2 Å². The minimum atomic E-state index is -3.95. The molecule has 11 heteroatoms. The molecule has 0 aliphatic carbocycles. The Morgan fingerprint density at radius 2 is 1.91 bits per heavy atom. The molecule has 0 aliphatic rings. The van der Waals surface area contributed by atoms with Crippen LogP contribution in [0.3, 0.4) is 0 Å². The van der Waals surface area contributed by atoms with Gasteiger partial charge < -0.3 is 9.55 Å². The van der Waals surface area contributed by atoms with E-state index >= 15 is 0 Å². The van der Waals surface area contributed by atoms with Gasteiger partial charge in [-0.05, 0) is 36.4 Å². The summed E-state index contributed by atoms with van der Waals surface area (Å²) < 4.78 is 41.8. The molecule has 4 aromatic rings. The summed E-state index contributed by atoms with van der Waals surface area (Å²) in [4.78, 5) is 28.4. The Morgan fingerprint density at radius 3 is 2.61 bits per heavy atom. The number of amides is 1. The summed E-state index contributed by atoms with van der Waals surface area (Å²) in [5, 5.41) is 0.645. The number of sulfonamides is 1. The first-order chi connectivity index (χ1) is 15.6. The van der Waals surface area contributed by atoms with Crippen LogP contribution in [0.4, 0.5) is 4.39 Å². The highest BCUT2D eigenvalue weighted by Crippen LogP contribution is 2.36. The van der Waals surface area contributed by atoms with Crippen molar-refractivity contribution in [2.24, 2.45) is 0 Å². The quantitative estimate of drug-likeness (QED) is 0.423. The number of hydrogen-bond donors (Lipinski definition) is 2. The second-order valence-corrected chi connectivity index (χ2v) is 9.89. The topological polar surface area (TPSA) is 101 Å². The van der Waals surface area contributed by atoms with Crippen LogP contribution in [0.25, 0.3) is 22.0 Å². The molecule has 7 nitrogen and oxygen atoms in total. The molecule has 0 fully saturated rings. The minimum Gasteiger partial charge on any atom is -0.331 e. The van der Waals surface area contributed by atoms with E-state index in [-0.39, 0.29) is 34.0 Å². The maximum atomic E-state index is 14.7. The zero-order chi connectivity index (χ0) is 23.9. The number of carbonyl (C=O) groups is 1. The van der Waals surface area contributed by atoms with Gasteiger partial charge in [-0.1, -0.05) is 35.3 Å². The number of benzene rings is 2. The number of aromatic amines is 1. The third-order valence-electron chi connectivity index (χ3n) is 4.97. The molecule has 0 saturated carbocycles. The number of carbonyl (C=O) groups excluding carboxylic acids is 1. The summed E-state index contributed by atoms with van der Waals surface area (Å²) in [5.41, 5.74) is 0.242. The maximum Gasteiger partial charge on any atom is 0.282 e. The molecule has 0 atom stereocenters. The van der Waals surface area contributed by atoms with Gasteiger partial charge in [0.05, 0.1) is 17.8 Å². The van der Waals surface area contributed by atoms with Crippen LogP contribution in [0.1, 0.15) is 16.1 Å². The molecule has 0 aliphatic heterocycles. The lowest BCUT2D eigenvalue weighted by atomic mass is 10.0. The van der Waals surface area contributed by atoms with E-state index < -0.39 is 27.3 Å². The highest BCUT2D eigenvalue weighted by Gasteiger charge is 2.27. The van der Waals surface area contributed by atoms with Gasteiger partial charge >= 0.3 is 0 Å². The summed E-state index contributed by atoms with van der Waals surface area (Å²) in [6.07, 6.45) is 2.26. The number of fused-ring (bicyclic) bond motifs is 1. The Morgan fingerprint density at radius 1 is 1.15 bits per heavy atom. The Labute approximate surface area is 197 Å². The Hall–Kier alpha value is -3.14. The Kier molecular flexibility index (Phi) is 6.04. The van der Waals surface area contributed by atoms with Crippen molar-refractivity contribution in [2.75, 3.05) is 6.26 Å². The van der Waals surface area contributed by atoms with Crippen LogP contribution in [-0.4, -0.2) is 30.1 Å². The van der Waals surface area contributed by atoms with Gasteiger partial charge in [-0.3, -0.25) is 9.59 Å². The normalized spacial score (nSPS) is 11.6. The van der Waals surface area contributed by atoms with E-state index in [1.165, 1.54) is 29.0 Å². The summed E-state index contributed by atoms with van der Waals surface area (Å²) in [6, 6.07) is 12.2. The lowest BCUT2D eigenvalue weighted by Crippen LogP contribution is -2.32. The van der Waals surface area contributed by atoms with Crippen LogP contribution in [0.15, 0.2) is 59.5 Å². The number of H-pyrrole nitrogens is 1. The second kappa shape index (κ2) is 8.66. The predicted octanol–water partition coefficient (Wildman–Crippen LogP) is 4.18. The molecular formula is C22H16Cl2FN3O4S. The molecule has 2 aromatic carbocycles. The van der Waals surface area contributed by atoms with Crippen LogP contribution in [-0.2, 0) is 16.6 Å². The SMILES string of the molecule is CS(=O)(=O)NC(=O)c1c(-c2ccc[nH]c2=O)c2cc(Cl)ccc2n1Cc1cccc(Cl)c1F. The first-order valence-corrected chi connectivity index (χ1v) is 12.2. The van der Waals surface area contributed by atoms with E-state index in [2.05, 4.69) is 4.98 Å².